The summed E-state index contributed by atoms with van der Waals surface area (Å²) in [4.78, 5) is 31.6. The summed E-state index contributed by atoms with van der Waals surface area (Å²) in [6, 6.07) is 2.76. The molecular weight excluding hydrogens is 384 g/mol. The lowest BCUT2D eigenvalue weighted by Crippen LogP contribution is -2.55. The van der Waals surface area contributed by atoms with E-state index in [1.807, 2.05) is 20.9 Å². The van der Waals surface area contributed by atoms with E-state index >= 15 is 0 Å². The Morgan fingerprint density at radius 1 is 1.21 bits per heavy atom. The smallest absolute Gasteiger partial charge is 0.245 e. The van der Waals surface area contributed by atoms with E-state index in [4.69, 9.17) is 0 Å². The highest BCUT2D eigenvalue weighted by Gasteiger charge is 2.43. The predicted molar refractivity (Wildman–Crippen MR) is 106 cm³/mol. The van der Waals surface area contributed by atoms with Crippen LogP contribution in [0.15, 0.2) is 18.2 Å². The van der Waals surface area contributed by atoms with Gasteiger partial charge in [0.25, 0.3) is 0 Å². The summed E-state index contributed by atoms with van der Waals surface area (Å²) < 4.78 is 27.8. The average molecular weight is 412 g/mol. The summed E-state index contributed by atoms with van der Waals surface area (Å²) >= 11 is 1.29. The van der Waals surface area contributed by atoms with E-state index in [1.165, 1.54) is 28.8 Å². The van der Waals surface area contributed by atoms with Crippen molar-refractivity contribution in [1.82, 2.24) is 14.7 Å². The second kappa shape index (κ2) is 8.78. The van der Waals surface area contributed by atoms with Crippen molar-refractivity contribution >= 4 is 23.6 Å². The third kappa shape index (κ3) is 4.49. The second-order valence-electron chi connectivity index (χ2n) is 7.90. The molecule has 28 heavy (non-hydrogen) atoms. The van der Waals surface area contributed by atoms with Gasteiger partial charge in [-0.05, 0) is 25.5 Å². The lowest BCUT2D eigenvalue weighted by atomic mass is 9.99. The summed E-state index contributed by atoms with van der Waals surface area (Å²) in [6.45, 7) is 6.83. The standard InChI is InChI=1S/C20H27F2N3O2S/c1-13(2)10-17(19(27)24-8-6-23(3)7-9-24)25-18(26)12-28-20(25)15-5-4-14(21)11-16(15)22/h4-5,11,13,17,20H,6-10,12H2,1-3H3/t17-,20-/m0/s1. The molecule has 2 aliphatic heterocycles. The number of carbonyl (C=O) groups is 2. The molecule has 2 heterocycles. The largest absolute Gasteiger partial charge is 0.338 e. The fourth-order valence-electron chi connectivity index (χ4n) is 3.73. The normalized spacial score (nSPS) is 22.2. The van der Waals surface area contributed by atoms with Crippen LogP contribution in [0.3, 0.4) is 0 Å². The Kier molecular flexibility index (Phi) is 6.60. The quantitative estimate of drug-likeness (QED) is 0.747. The number of thioether (sulfide) groups is 1. The number of carbonyl (C=O) groups excluding carboxylic acids is 2. The maximum atomic E-state index is 14.4. The highest BCUT2D eigenvalue weighted by Crippen LogP contribution is 2.42. The van der Waals surface area contributed by atoms with E-state index < -0.39 is 23.1 Å². The lowest BCUT2D eigenvalue weighted by molar-refractivity contribution is -0.146. The SMILES string of the molecule is CC(C)C[C@@H](C(=O)N1CCN(C)CC1)N1C(=O)CS[C@H]1c1ccc(F)cc1F. The average Bonchev–Trinajstić information content (AvgIpc) is 3.01. The van der Waals surface area contributed by atoms with E-state index in [-0.39, 0.29) is 29.0 Å². The van der Waals surface area contributed by atoms with Crippen LogP contribution < -0.4 is 0 Å². The van der Waals surface area contributed by atoms with Gasteiger partial charge in [0.1, 0.15) is 23.1 Å². The highest BCUT2D eigenvalue weighted by molar-refractivity contribution is 8.00. The summed E-state index contributed by atoms with van der Waals surface area (Å²) in [7, 11) is 2.02. The highest BCUT2D eigenvalue weighted by atomic mass is 32.2. The third-order valence-electron chi connectivity index (χ3n) is 5.26. The molecule has 2 saturated heterocycles. The number of nitrogens with zero attached hydrogens (tertiary/aromatic N) is 3. The molecule has 154 valence electrons. The Hall–Kier alpha value is -1.67. The number of hydrogen-bond acceptors (Lipinski definition) is 4. The number of piperazine rings is 1. The van der Waals surface area contributed by atoms with Gasteiger partial charge in [-0.3, -0.25) is 9.59 Å². The van der Waals surface area contributed by atoms with Crippen LogP contribution in [-0.2, 0) is 9.59 Å². The number of halogens is 2. The molecular formula is C20H27F2N3O2S. The van der Waals surface area contributed by atoms with Gasteiger partial charge < -0.3 is 14.7 Å². The van der Waals surface area contributed by atoms with Crippen LogP contribution in [0.4, 0.5) is 8.78 Å². The van der Waals surface area contributed by atoms with Crippen LogP contribution in [0, 0.1) is 17.6 Å². The zero-order valence-electron chi connectivity index (χ0n) is 16.5. The van der Waals surface area contributed by atoms with Crippen molar-refractivity contribution in [3.05, 3.63) is 35.4 Å². The number of hydrogen-bond donors (Lipinski definition) is 0. The van der Waals surface area contributed by atoms with Crippen molar-refractivity contribution in [2.45, 2.75) is 31.7 Å². The van der Waals surface area contributed by atoms with Crippen molar-refractivity contribution in [2.24, 2.45) is 5.92 Å². The molecule has 2 fully saturated rings. The zero-order valence-corrected chi connectivity index (χ0v) is 17.3. The number of benzene rings is 1. The fraction of sp³-hybridized carbons (Fsp3) is 0.600. The van der Waals surface area contributed by atoms with Gasteiger partial charge in [-0.2, -0.15) is 0 Å². The molecule has 0 saturated carbocycles. The van der Waals surface area contributed by atoms with Gasteiger partial charge in [0.15, 0.2) is 0 Å². The van der Waals surface area contributed by atoms with E-state index in [9.17, 15) is 18.4 Å². The monoisotopic (exact) mass is 411 g/mol. The van der Waals surface area contributed by atoms with E-state index in [1.54, 1.807) is 4.90 Å². The van der Waals surface area contributed by atoms with Crippen molar-refractivity contribution in [3.8, 4) is 0 Å². The molecule has 5 nitrogen and oxygen atoms in total. The molecule has 0 spiro atoms. The minimum Gasteiger partial charge on any atom is -0.338 e. The van der Waals surface area contributed by atoms with Gasteiger partial charge in [0.05, 0.1) is 5.75 Å². The van der Waals surface area contributed by atoms with E-state index in [2.05, 4.69) is 4.90 Å². The number of amides is 2. The minimum absolute atomic E-state index is 0.0785. The molecule has 1 aromatic carbocycles. The van der Waals surface area contributed by atoms with Crippen LogP contribution in [-0.4, -0.2) is 71.5 Å². The molecule has 0 aromatic heterocycles. The summed E-state index contributed by atoms with van der Waals surface area (Å²) in [5.74, 6) is -1.22. The molecule has 8 heteroatoms. The molecule has 0 unspecified atom stereocenters. The van der Waals surface area contributed by atoms with Gasteiger partial charge in [-0.1, -0.05) is 19.9 Å². The number of likely N-dealkylation sites (N-methyl/N-ethyl adjacent to an activating group) is 1. The summed E-state index contributed by atoms with van der Waals surface area (Å²) in [5, 5.41) is -0.617. The summed E-state index contributed by atoms with van der Waals surface area (Å²) in [6.07, 6.45) is 0.511. The molecule has 2 aliphatic rings. The topological polar surface area (TPSA) is 43.9 Å². The maximum absolute atomic E-state index is 14.4. The van der Waals surface area contributed by atoms with Gasteiger partial charge in [0.2, 0.25) is 11.8 Å². The molecule has 0 aliphatic carbocycles. The first kappa shape index (κ1) is 21.0. The molecule has 3 rings (SSSR count). The van der Waals surface area contributed by atoms with Crippen molar-refractivity contribution < 1.29 is 18.4 Å². The van der Waals surface area contributed by atoms with Crippen LogP contribution >= 0.6 is 11.8 Å². The molecule has 0 bridgehead atoms. The molecule has 0 N–H and O–H groups in total. The first-order valence-electron chi connectivity index (χ1n) is 9.63. The van der Waals surface area contributed by atoms with Crippen LogP contribution in [0.2, 0.25) is 0 Å². The molecule has 0 radical (unpaired) electrons. The van der Waals surface area contributed by atoms with E-state index in [0.717, 1.165) is 19.2 Å². The van der Waals surface area contributed by atoms with Gasteiger partial charge in [-0.25, -0.2) is 8.78 Å². The van der Waals surface area contributed by atoms with Gasteiger partial charge >= 0.3 is 0 Å². The first-order chi connectivity index (χ1) is 13.3. The van der Waals surface area contributed by atoms with Crippen molar-refractivity contribution in [1.29, 1.82) is 0 Å². The maximum Gasteiger partial charge on any atom is 0.245 e. The Morgan fingerprint density at radius 3 is 2.50 bits per heavy atom. The predicted octanol–water partition coefficient (Wildman–Crippen LogP) is 2.73. The van der Waals surface area contributed by atoms with E-state index in [0.29, 0.717) is 19.5 Å². The summed E-state index contributed by atoms with van der Waals surface area (Å²) in [5.41, 5.74) is 0.247. The zero-order chi connectivity index (χ0) is 20.4. The van der Waals surface area contributed by atoms with Crippen molar-refractivity contribution in [3.63, 3.8) is 0 Å². The van der Waals surface area contributed by atoms with Crippen LogP contribution in [0.5, 0.6) is 0 Å². The molecule has 2 atom stereocenters. The Labute approximate surface area is 169 Å². The third-order valence-corrected chi connectivity index (χ3v) is 6.47. The first-order valence-corrected chi connectivity index (χ1v) is 10.7. The number of rotatable bonds is 5. The van der Waals surface area contributed by atoms with Gasteiger partial charge in [-0.15, -0.1) is 11.8 Å². The Morgan fingerprint density at radius 2 is 1.89 bits per heavy atom. The van der Waals surface area contributed by atoms with Crippen LogP contribution in [0.1, 0.15) is 31.2 Å². The van der Waals surface area contributed by atoms with Gasteiger partial charge in [0, 0.05) is 37.8 Å². The second-order valence-corrected chi connectivity index (χ2v) is 8.97. The van der Waals surface area contributed by atoms with Crippen molar-refractivity contribution in [2.75, 3.05) is 39.0 Å². The fourth-order valence-corrected chi connectivity index (χ4v) is 4.98. The minimum atomic E-state index is -0.687. The molecule has 2 amide bonds. The lowest BCUT2D eigenvalue weighted by Gasteiger charge is -2.39. The molecule has 1 aromatic rings. The Balaban J connectivity index is 1.90. The Bertz CT molecular complexity index is 738. The van der Waals surface area contributed by atoms with Crippen LogP contribution in [0.25, 0.3) is 0 Å².